The minimum atomic E-state index is -0.943. The summed E-state index contributed by atoms with van der Waals surface area (Å²) in [6.45, 7) is 9.44. The largest absolute Gasteiger partial charge is 0.382 e. The molecule has 4 nitrogen and oxygen atoms in total. The van der Waals surface area contributed by atoms with E-state index in [1.165, 1.54) is 0 Å². The van der Waals surface area contributed by atoms with Gasteiger partial charge < -0.3 is 10.8 Å². The standard InChI is InChI=1S/C16H27N3O/c1-14(2)19-10-8-18(9-11-19)13-16(20,12-17)15-6-4-3-5-7-15/h3-7,14,20H,8-13,17H2,1-2H3. The molecule has 1 unspecified atom stereocenters. The molecule has 3 N–H and O–H groups in total. The Hall–Kier alpha value is -0.940. The van der Waals surface area contributed by atoms with Crippen molar-refractivity contribution in [3.05, 3.63) is 35.9 Å². The number of nitrogens with two attached hydrogens (primary N) is 1. The molecule has 1 fully saturated rings. The van der Waals surface area contributed by atoms with E-state index in [1.54, 1.807) is 0 Å². The highest BCUT2D eigenvalue weighted by atomic mass is 16.3. The van der Waals surface area contributed by atoms with E-state index >= 15 is 0 Å². The van der Waals surface area contributed by atoms with Gasteiger partial charge in [-0.15, -0.1) is 0 Å². The van der Waals surface area contributed by atoms with Crippen LogP contribution in [-0.2, 0) is 5.60 Å². The van der Waals surface area contributed by atoms with Crippen molar-refractivity contribution >= 4 is 0 Å². The molecule has 0 saturated carbocycles. The summed E-state index contributed by atoms with van der Waals surface area (Å²) in [6.07, 6.45) is 0. The Morgan fingerprint density at radius 3 is 2.25 bits per heavy atom. The Morgan fingerprint density at radius 2 is 1.75 bits per heavy atom. The second-order valence-electron chi connectivity index (χ2n) is 6.01. The van der Waals surface area contributed by atoms with Crippen LogP contribution >= 0.6 is 0 Å². The maximum Gasteiger partial charge on any atom is 0.114 e. The van der Waals surface area contributed by atoms with Crippen LogP contribution in [0.3, 0.4) is 0 Å². The molecule has 0 aromatic heterocycles. The zero-order valence-corrected chi connectivity index (χ0v) is 12.6. The molecule has 0 radical (unpaired) electrons. The van der Waals surface area contributed by atoms with Crippen LogP contribution in [0, 0.1) is 0 Å². The van der Waals surface area contributed by atoms with Gasteiger partial charge in [0.25, 0.3) is 0 Å². The fourth-order valence-electron chi connectivity index (χ4n) is 2.83. The van der Waals surface area contributed by atoms with E-state index in [0.717, 1.165) is 31.7 Å². The third kappa shape index (κ3) is 3.58. The number of benzene rings is 1. The van der Waals surface area contributed by atoms with E-state index in [9.17, 15) is 5.11 Å². The molecular weight excluding hydrogens is 250 g/mol. The van der Waals surface area contributed by atoms with Crippen LogP contribution in [0.25, 0.3) is 0 Å². The van der Waals surface area contributed by atoms with Crippen molar-refractivity contribution in [2.24, 2.45) is 5.73 Å². The lowest BCUT2D eigenvalue weighted by atomic mass is 9.93. The Kier molecular flexibility index (Phi) is 5.16. The van der Waals surface area contributed by atoms with Gasteiger partial charge in [-0.25, -0.2) is 0 Å². The van der Waals surface area contributed by atoms with Crippen LogP contribution in [0.5, 0.6) is 0 Å². The molecule has 1 aliphatic rings. The van der Waals surface area contributed by atoms with Gasteiger partial charge in [0.1, 0.15) is 5.60 Å². The van der Waals surface area contributed by atoms with E-state index < -0.39 is 5.60 Å². The minimum Gasteiger partial charge on any atom is -0.382 e. The molecule has 1 atom stereocenters. The number of rotatable bonds is 5. The summed E-state index contributed by atoms with van der Waals surface area (Å²) >= 11 is 0. The smallest absolute Gasteiger partial charge is 0.114 e. The van der Waals surface area contributed by atoms with Crippen molar-refractivity contribution in [3.8, 4) is 0 Å². The Morgan fingerprint density at radius 1 is 1.15 bits per heavy atom. The van der Waals surface area contributed by atoms with Gasteiger partial charge in [-0.1, -0.05) is 30.3 Å². The SMILES string of the molecule is CC(C)N1CCN(CC(O)(CN)c2ccccc2)CC1. The van der Waals surface area contributed by atoms with Gasteiger partial charge in [0.15, 0.2) is 0 Å². The summed E-state index contributed by atoms with van der Waals surface area (Å²) < 4.78 is 0. The normalized spacial score (nSPS) is 21.1. The van der Waals surface area contributed by atoms with Crippen LogP contribution in [0.4, 0.5) is 0 Å². The van der Waals surface area contributed by atoms with Crippen LogP contribution in [0.2, 0.25) is 0 Å². The molecular formula is C16H27N3O. The first-order chi connectivity index (χ1) is 9.55. The quantitative estimate of drug-likeness (QED) is 0.838. The Bertz CT molecular complexity index is 401. The molecule has 0 bridgehead atoms. The lowest BCUT2D eigenvalue weighted by Gasteiger charge is -2.40. The first-order valence-corrected chi connectivity index (χ1v) is 7.49. The number of hydrogen-bond acceptors (Lipinski definition) is 4. The molecule has 0 aliphatic carbocycles. The highest BCUT2D eigenvalue weighted by Gasteiger charge is 2.31. The van der Waals surface area contributed by atoms with Crippen LogP contribution < -0.4 is 5.73 Å². The van der Waals surface area contributed by atoms with Crippen LogP contribution in [0.1, 0.15) is 19.4 Å². The summed E-state index contributed by atoms with van der Waals surface area (Å²) in [5, 5.41) is 10.8. The first-order valence-electron chi connectivity index (χ1n) is 7.49. The van der Waals surface area contributed by atoms with Gasteiger partial charge in [-0.05, 0) is 19.4 Å². The van der Waals surface area contributed by atoms with Gasteiger partial charge >= 0.3 is 0 Å². The Labute approximate surface area is 122 Å². The van der Waals surface area contributed by atoms with Crippen LogP contribution in [0.15, 0.2) is 30.3 Å². The number of nitrogens with zero attached hydrogens (tertiary/aromatic N) is 2. The highest BCUT2D eigenvalue weighted by Crippen LogP contribution is 2.22. The second-order valence-corrected chi connectivity index (χ2v) is 6.01. The molecule has 4 heteroatoms. The van der Waals surface area contributed by atoms with Gasteiger partial charge in [0, 0.05) is 45.3 Å². The number of aliphatic hydroxyl groups is 1. The maximum atomic E-state index is 10.8. The van der Waals surface area contributed by atoms with Crippen molar-refractivity contribution in [2.45, 2.75) is 25.5 Å². The molecule has 1 saturated heterocycles. The van der Waals surface area contributed by atoms with Crippen LogP contribution in [-0.4, -0.2) is 60.2 Å². The van der Waals surface area contributed by atoms with Crippen molar-refractivity contribution in [2.75, 3.05) is 39.3 Å². The van der Waals surface area contributed by atoms with Crippen molar-refractivity contribution in [1.82, 2.24) is 9.80 Å². The first kappa shape index (κ1) is 15.4. The lowest BCUT2D eigenvalue weighted by molar-refractivity contribution is -0.0101. The third-order valence-electron chi connectivity index (χ3n) is 4.27. The topological polar surface area (TPSA) is 52.7 Å². The summed E-state index contributed by atoms with van der Waals surface area (Å²) in [6, 6.07) is 10.4. The molecule has 2 rings (SSSR count). The van der Waals surface area contributed by atoms with Gasteiger partial charge in [-0.2, -0.15) is 0 Å². The highest BCUT2D eigenvalue weighted by molar-refractivity contribution is 5.23. The summed E-state index contributed by atoms with van der Waals surface area (Å²) in [5.74, 6) is 0. The van der Waals surface area contributed by atoms with E-state index in [4.69, 9.17) is 5.73 Å². The average molecular weight is 277 g/mol. The van der Waals surface area contributed by atoms with Gasteiger partial charge in [0.2, 0.25) is 0 Å². The predicted molar refractivity (Wildman–Crippen MR) is 82.5 cm³/mol. The monoisotopic (exact) mass is 277 g/mol. The molecule has 20 heavy (non-hydrogen) atoms. The van der Waals surface area contributed by atoms with Crippen molar-refractivity contribution < 1.29 is 5.11 Å². The fraction of sp³-hybridized carbons (Fsp3) is 0.625. The molecule has 1 aliphatic heterocycles. The molecule has 0 spiro atoms. The molecule has 112 valence electrons. The number of piperazine rings is 1. The fourth-order valence-corrected chi connectivity index (χ4v) is 2.83. The zero-order chi connectivity index (χ0) is 14.6. The van der Waals surface area contributed by atoms with E-state index in [0.29, 0.717) is 12.6 Å². The van der Waals surface area contributed by atoms with E-state index in [2.05, 4.69) is 23.6 Å². The van der Waals surface area contributed by atoms with E-state index in [1.807, 2.05) is 30.3 Å². The second kappa shape index (κ2) is 6.68. The van der Waals surface area contributed by atoms with Crippen molar-refractivity contribution in [3.63, 3.8) is 0 Å². The van der Waals surface area contributed by atoms with Gasteiger partial charge in [-0.3, -0.25) is 9.80 Å². The molecule has 0 amide bonds. The van der Waals surface area contributed by atoms with Gasteiger partial charge in [0.05, 0.1) is 0 Å². The summed E-state index contributed by atoms with van der Waals surface area (Å²) in [7, 11) is 0. The lowest BCUT2D eigenvalue weighted by Crippen LogP contribution is -2.54. The molecule has 1 heterocycles. The van der Waals surface area contributed by atoms with Crippen molar-refractivity contribution in [1.29, 1.82) is 0 Å². The third-order valence-corrected chi connectivity index (χ3v) is 4.27. The predicted octanol–water partition coefficient (Wildman–Crippen LogP) is 0.859. The summed E-state index contributed by atoms with van der Waals surface area (Å²) in [4.78, 5) is 4.79. The molecule has 1 aromatic carbocycles. The minimum absolute atomic E-state index is 0.251. The number of β-amino-alcohol motifs (C(OH)–C–C–N with tert-alkyl or cyclic N) is 1. The maximum absolute atomic E-state index is 10.8. The summed E-state index contributed by atoms with van der Waals surface area (Å²) in [5.41, 5.74) is 5.81. The number of hydrogen-bond donors (Lipinski definition) is 2. The van der Waals surface area contributed by atoms with E-state index in [-0.39, 0.29) is 6.54 Å². The molecule has 1 aromatic rings. The Balaban J connectivity index is 1.98. The average Bonchev–Trinajstić information content (AvgIpc) is 2.48. The zero-order valence-electron chi connectivity index (χ0n) is 12.6.